The molecule has 158 valence electrons. The maximum absolute atomic E-state index is 6.29. The van der Waals surface area contributed by atoms with Crippen LogP contribution in [0.25, 0.3) is 6.08 Å². The summed E-state index contributed by atoms with van der Waals surface area (Å²) in [5, 5.41) is 2.17. The van der Waals surface area contributed by atoms with Crippen LogP contribution in [-0.4, -0.2) is 23.4 Å². The van der Waals surface area contributed by atoms with Gasteiger partial charge in [0, 0.05) is 16.9 Å². The van der Waals surface area contributed by atoms with Gasteiger partial charge >= 0.3 is 0 Å². The number of hydrogen-bond donors (Lipinski definition) is 1. The van der Waals surface area contributed by atoms with Crippen molar-refractivity contribution in [2.45, 2.75) is 19.4 Å². The van der Waals surface area contributed by atoms with Gasteiger partial charge in [0.2, 0.25) is 0 Å². The maximum atomic E-state index is 6.29. The molecule has 2 aromatic carbocycles. The highest BCUT2D eigenvalue weighted by Gasteiger charge is 2.36. The smallest absolute Gasteiger partial charge is 0.0778 e. The second-order valence-corrected chi connectivity index (χ2v) is 9.73. The van der Waals surface area contributed by atoms with Crippen LogP contribution >= 0.6 is 58.4 Å². The van der Waals surface area contributed by atoms with Gasteiger partial charge in [-0.1, -0.05) is 65.5 Å². The first-order chi connectivity index (χ1) is 14.5. The van der Waals surface area contributed by atoms with E-state index in [9.17, 15) is 0 Å². The Kier molecular flexibility index (Phi) is 7.26. The van der Waals surface area contributed by atoms with E-state index in [1.165, 1.54) is 5.57 Å². The Morgan fingerprint density at radius 2 is 1.77 bits per heavy atom. The highest BCUT2D eigenvalue weighted by molar-refractivity contribution is 7.97. The van der Waals surface area contributed by atoms with Crippen LogP contribution in [0.5, 0.6) is 0 Å². The summed E-state index contributed by atoms with van der Waals surface area (Å²) in [6, 6.07) is 11.4. The highest BCUT2D eigenvalue weighted by atomic mass is 35.5. The summed E-state index contributed by atoms with van der Waals surface area (Å²) >= 11 is 26.5. The van der Waals surface area contributed by atoms with E-state index in [1.807, 2.05) is 36.4 Å². The number of nitrogens with zero attached hydrogens (tertiary/aromatic N) is 1. The Morgan fingerprint density at radius 1 is 1.03 bits per heavy atom. The van der Waals surface area contributed by atoms with Crippen molar-refractivity contribution in [3.05, 3.63) is 84.5 Å². The maximum Gasteiger partial charge on any atom is 0.0778 e. The highest BCUT2D eigenvalue weighted by Crippen LogP contribution is 2.43. The fourth-order valence-corrected chi connectivity index (χ4v) is 5.04. The van der Waals surface area contributed by atoms with Crippen LogP contribution in [0.3, 0.4) is 0 Å². The number of nitrogens with one attached hydrogen (secondary N) is 1. The van der Waals surface area contributed by atoms with Crippen LogP contribution in [0, 0.1) is 0 Å². The molecule has 1 N–H and O–H groups in total. The van der Waals surface area contributed by atoms with Crippen LogP contribution < -0.4 is 5.43 Å². The molecule has 8 heteroatoms. The third-order valence-electron chi connectivity index (χ3n) is 4.91. The van der Waals surface area contributed by atoms with Gasteiger partial charge in [0.15, 0.2) is 0 Å². The van der Waals surface area contributed by atoms with Crippen molar-refractivity contribution in [3.63, 3.8) is 0 Å². The molecule has 4 rings (SSSR count). The lowest BCUT2D eigenvalue weighted by molar-refractivity contribution is 0.169. The van der Waals surface area contributed by atoms with E-state index < -0.39 is 0 Å². The van der Waals surface area contributed by atoms with E-state index in [1.54, 1.807) is 11.9 Å². The quantitative estimate of drug-likeness (QED) is 0.426. The van der Waals surface area contributed by atoms with E-state index in [4.69, 9.17) is 51.1 Å². The number of halogens is 4. The Bertz CT molecular complexity index is 1020. The van der Waals surface area contributed by atoms with Crippen molar-refractivity contribution >= 4 is 64.4 Å². The summed E-state index contributed by atoms with van der Waals surface area (Å²) in [7, 11) is 0. The van der Waals surface area contributed by atoms with E-state index in [2.05, 4.69) is 22.8 Å². The molecule has 30 heavy (non-hydrogen) atoms. The lowest BCUT2D eigenvalue weighted by Crippen LogP contribution is -2.29. The summed E-state index contributed by atoms with van der Waals surface area (Å²) in [6.45, 7) is 3.25. The molecule has 0 fully saturated rings. The summed E-state index contributed by atoms with van der Waals surface area (Å²) in [6.07, 6.45) is 3.18. The van der Waals surface area contributed by atoms with Crippen molar-refractivity contribution in [2.75, 3.05) is 19.0 Å². The zero-order chi connectivity index (χ0) is 21.3. The monoisotopic (exact) mass is 500 g/mol. The van der Waals surface area contributed by atoms with Gasteiger partial charge in [-0.25, -0.2) is 9.84 Å². The van der Waals surface area contributed by atoms with Gasteiger partial charge in [0.1, 0.15) is 0 Å². The fourth-order valence-electron chi connectivity index (χ4n) is 3.52. The Labute approximate surface area is 201 Å². The molecule has 2 aromatic rings. The van der Waals surface area contributed by atoms with Gasteiger partial charge in [-0.3, -0.25) is 0 Å². The van der Waals surface area contributed by atoms with Crippen molar-refractivity contribution in [1.29, 1.82) is 0 Å². The Hall–Kier alpha value is -0.850. The number of ether oxygens (including phenoxy) is 1. The minimum Gasteiger partial charge on any atom is -0.372 e. The second kappa shape index (κ2) is 9.74. The first-order valence-electron chi connectivity index (χ1n) is 9.59. The number of rotatable bonds is 5. The zero-order valence-corrected chi connectivity index (χ0v) is 20.1. The summed E-state index contributed by atoms with van der Waals surface area (Å²) in [5.74, 6) is 0.999. The normalized spacial score (nSPS) is 20.2. The van der Waals surface area contributed by atoms with Gasteiger partial charge in [0.25, 0.3) is 0 Å². The molecule has 0 saturated carbocycles. The molecule has 0 aliphatic carbocycles. The minimum atomic E-state index is -0.0309. The Morgan fingerprint density at radius 3 is 2.47 bits per heavy atom. The molecular weight excluding hydrogens is 482 g/mol. The molecular formula is C22H20Cl4N2OS. The first kappa shape index (κ1) is 22.3. The first-order valence-corrected chi connectivity index (χ1v) is 12.0. The van der Waals surface area contributed by atoms with Crippen molar-refractivity contribution in [2.24, 2.45) is 0 Å². The van der Waals surface area contributed by atoms with Crippen LogP contribution in [-0.2, 0) is 4.74 Å². The lowest BCUT2D eigenvalue weighted by Gasteiger charge is -2.25. The molecule has 1 unspecified atom stereocenters. The van der Waals surface area contributed by atoms with Crippen molar-refractivity contribution in [3.8, 4) is 0 Å². The van der Waals surface area contributed by atoms with E-state index >= 15 is 0 Å². The predicted molar refractivity (Wildman–Crippen MR) is 129 cm³/mol. The fraction of sp³-hybridized carbons (Fsp3) is 0.273. The molecule has 0 spiro atoms. The topological polar surface area (TPSA) is 24.5 Å². The van der Waals surface area contributed by atoms with Crippen LogP contribution in [0.1, 0.15) is 30.5 Å². The summed E-state index contributed by atoms with van der Waals surface area (Å²) in [4.78, 5) is 0. The number of hydrazine groups is 1. The molecule has 0 aromatic heterocycles. The van der Waals surface area contributed by atoms with Gasteiger partial charge in [-0.15, -0.1) is 0 Å². The molecule has 0 saturated heterocycles. The summed E-state index contributed by atoms with van der Waals surface area (Å²) in [5.41, 5.74) is 9.07. The zero-order valence-electron chi connectivity index (χ0n) is 16.2. The Balaban J connectivity index is 1.75. The largest absolute Gasteiger partial charge is 0.372 e. The lowest BCUT2D eigenvalue weighted by atomic mass is 9.95. The van der Waals surface area contributed by atoms with E-state index in [0.29, 0.717) is 33.3 Å². The molecule has 2 aliphatic rings. The molecule has 2 heterocycles. The van der Waals surface area contributed by atoms with Crippen LogP contribution in [0.2, 0.25) is 20.1 Å². The van der Waals surface area contributed by atoms with Gasteiger partial charge in [0.05, 0.1) is 45.0 Å². The second-order valence-electron chi connectivity index (χ2n) is 7.07. The molecule has 0 bridgehead atoms. The van der Waals surface area contributed by atoms with Crippen LogP contribution in [0.4, 0.5) is 0 Å². The molecule has 1 atom stereocenters. The van der Waals surface area contributed by atoms with Gasteiger partial charge in [-0.2, -0.15) is 0 Å². The number of benzene rings is 2. The number of hydrogen-bond acceptors (Lipinski definition) is 4. The average molecular weight is 502 g/mol. The van der Waals surface area contributed by atoms with Crippen molar-refractivity contribution < 1.29 is 4.74 Å². The minimum absolute atomic E-state index is 0.0309. The van der Waals surface area contributed by atoms with Crippen LogP contribution in [0.15, 0.2) is 53.2 Å². The molecule has 0 radical (unpaired) electrons. The SMILES string of the molecule is CCCSN1NC(c2ccc(Cl)c(Cl)c2)C2=C1C(=Cc1ccc(Cl)c(Cl)c1)COC2. The molecule has 3 nitrogen and oxygen atoms in total. The third-order valence-corrected chi connectivity index (χ3v) is 7.52. The van der Waals surface area contributed by atoms with E-state index in [-0.39, 0.29) is 6.04 Å². The van der Waals surface area contributed by atoms with Crippen molar-refractivity contribution in [1.82, 2.24) is 9.84 Å². The standard InChI is InChI=1S/C22H20Cl4N2OS/c1-2-7-30-28-22-15(8-13-3-5-17(23)19(25)9-13)11-29-12-16(22)21(27-28)14-4-6-18(24)20(26)10-14/h3-6,8-10,21,27H,2,7,11-12H2,1H3. The molecule has 0 amide bonds. The van der Waals surface area contributed by atoms with E-state index in [0.717, 1.165) is 34.6 Å². The van der Waals surface area contributed by atoms with Gasteiger partial charge < -0.3 is 4.74 Å². The van der Waals surface area contributed by atoms with Gasteiger partial charge in [-0.05, 0) is 59.8 Å². The third kappa shape index (κ3) is 4.66. The summed E-state index contributed by atoms with van der Waals surface area (Å²) < 4.78 is 8.13. The average Bonchev–Trinajstić information content (AvgIpc) is 3.11. The predicted octanol–water partition coefficient (Wildman–Crippen LogP) is 7.59. The molecule has 2 aliphatic heterocycles.